The Bertz CT molecular complexity index is 706. The van der Waals surface area contributed by atoms with E-state index in [1.807, 2.05) is 40.8 Å². The molecular weight excluding hydrogens is 328 g/mol. The van der Waals surface area contributed by atoms with E-state index in [-0.39, 0.29) is 18.1 Å². The molecule has 0 aromatic carbocycles. The number of hydrogen-bond acceptors (Lipinski definition) is 4. The zero-order chi connectivity index (χ0) is 18.5. The second-order valence-electron chi connectivity index (χ2n) is 7.18. The topological polar surface area (TPSA) is 60.2 Å². The number of amides is 1. The van der Waals surface area contributed by atoms with Crippen LogP contribution in [-0.4, -0.2) is 44.5 Å². The van der Waals surface area contributed by atoms with E-state index in [0.717, 1.165) is 37.4 Å². The van der Waals surface area contributed by atoms with Crippen molar-refractivity contribution in [3.63, 3.8) is 0 Å². The Morgan fingerprint density at radius 3 is 2.62 bits per heavy atom. The molecule has 0 spiro atoms. The zero-order valence-electron chi connectivity index (χ0n) is 15.8. The van der Waals surface area contributed by atoms with Gasteiger partial charge in [-0.2, -0.15) is 0 Å². The molecule has 1 saturated heterocycles. The van der Waals surface area contributed by atoms with Gasteiger partial charge in [-0.15, -0.1) is 0 Å². The third kappa shape index (κ3) is 4.30. The molecule has 26 heavy (non-hydrogen) atoms. The van der Waals surface area contributed by atoms with Crippen LogP contribution in [0.25, 0.3) is 0 Å². The van der Waals surface area contributed by atoms with E-state index in [2.05, 4.69) is 23.8 Å². The number of carbonyl (C=O) groups is 1. The van der Waals surface area contributed by atoms with E-state index < -0.39 is 0 Å². The number of pyridine rings is 1. The molecule has 1 amide bonds. The molecule has 3 heterocycles. The Kier molecular flexibility index (Phi) is 6.04. The molecule has 2 aromatic rings. The largest absolute Gasteiger partial charge is 0.372 e. The standard InChI is InChI=1S/C20H28N4O2/c1-15(2)19-22-10-13-24(19)16(3)20(25)23-11-7-18(8-12-23)26-14-17-6-4-5-9-21-17/h4-6,9-10,13,15-16,18H,7-8,11-12,14H2,1-3H3. The molecule has 6 nitrogen and oxygen atoms in total. The summed E-state index contributed by atoms with van der Waals surface area (Å²) in [6.07, 6.45) is 7.38. The van der Waals surface area contributed by atoms with Gasteiger partial charge in [-0.05, 0) is 31.9 Å². The Balaban J connectivity index is 1.51. The van der Waals surface area contributed by atoms with Crippen LogP contribution in [0.1, 0.15) is 57.1 Å². The maximum Gasteiger partial charge on any atom is 0.245 e. The van der Waals surface area contributed by atoms with Crippen molar-refractivity contribution in [2.24, 2.45) is 0 Å². The van der Waals surface area contributed by atoms with Crippen molar-refractivity contribution < 1.29 is 9.53 Å². The minimum absolute atomic E-state index is 0.160. The molecule has 140 valence electrons. The molecule has 1 atom stereocenters. The number of nitrogens with zero attached hydrogens (tertiary/aromatic N) is 4. The predicted molar refractivity (Wildman–Crippen MR) is 99.7 cm³/mol. The number of hydrogen-bond donors (Lipinski definition) is 0. The summed E-state index contributed by atoms with van der Waals surface area (Å²) in [7, 11) is 0. The number of imidazole rings is 1. The van der Waals surface area contributed by atoms with Gasteiger partial charge in [0.1, 0.15) is 11.9 Å². The van der Waals surface area contributed by atoms with Gasteiger partial charge in [-0.25, -0.2) is 4.98 Å². The molecule has 3 rings (SSSR count). The first-order valence-corrected chi connectivity index (χ1v) is 9.39. The summed E-state index contributed by atoms with van der Waals surface area (Å²) in [6.45, 7) is 8.16. The Labute approximate surface area is 155 Å². The molecule has 1 aliphatic heterocycles. The molecule has 1 unspecified atom stereocenters. The fraction of sp³-hybridized carbons (Fsp3) is 0.550. The fourth-order valence-corrected chi connectivity index (χ4v) is 3.41. The summed E-state index contributed by atoms with van der Waals surface area (Å²) in [5, 5.41) is 0. The van der Waals surface area contributed by atoms with E-state index in [1.165, 1.54) is 0 Å². The van der Waals surface area contributed by atoms with E-state index in [1.54, 1.807) is 12.4 Å². The van der Waals surface area contributed by atoms with Gasteiger partial charge in [0.25, 0.3) is 0 Å². The highest BCUT2D eigenvalue weighted by molar-refractivity contribution is 5.80. The van der Waals surface area contributed by atoms with Gasteiger partial charge in [0.15, 0.2) is 0 Å². The molecule has 0 N–H and O–H groups in total. The van der Waals surface area contributed by atoms with E-state index in [4.69, 9.17) is 4.74 Å². The lowest BCUT2D eigenvalue weighted by Crippen LogP contribution is -2.43. The van der Waals surface area contributed by atoms with Crippen molar-refractivity contribution >= 4 is 5.91 Å². The van der Waals surface area contributed by atoms with Crippen LogP contribution in [0.5, 0.6) is 0 Å². The average molecular weight is 356 g/mol. The van der Waals surface area contributed by atoms with Crippen molar-refractivity contribution in [2.45, 2.75) is 58.3 Å². The number of carbonyl (C=O) groups excluding carboxylic acids is 1. The monoisotopic (exact) mass is 356 g/mol. The van der Waals surface area contributed by atoms with Gasteiger partial charge in [0.05, 0.1) is 18.4 Å². The summed E-state index contributed by atoms with van der Waals surface area (Å²) < 4.78 is 7.96. The van der Waals surface area contributed by atoms with Crippen molar-refractivity contribution in [1.29, 1.82) is 0 Å². The summed E-state index contributed by atoms with van der Waals surface area (Å²) in [5.41, 5.74) is 0.945. The van der Waals surface area contributed by atoms with Crippen molar-refractivity contribution in [1.82, 2.24) is 19.4 Å². The zero-order valence-corrected chi connectivity index (χ0v) is 15.8. The molecule has 0 saturated carbocycles. The molecule has 0 radical (unpaired) electrons. The third-order valence-electron chi connectivity index (χ3n) is 4.94. The molecule has 6 heteroatoms. The number of likely N-dealkylation sites (tertiary alicyclic amines) is 1. The first-order valence-electron chi connectivity index (χ1n) is 9.39. The van der Waals surface area contributed by atoms with Crippen molar-refractivity contribution in [3.8, 4) is 0 Å². The van der Waals surface area contributed by atoms with Gasteiger partial charge in [0.2, 0.25) is 5.91 Å². The van der Waals surface area contributed by atoms with Crippen LogP contribution in [-0.2, 0) is 16.1 Å². The van der Waals surface area contributed by atoms with Gasteiger partial charge in [0, 0.05) is 37.6 Å². The summed E-state index contributed by atoms with van der Waals surface area (Å²) >= 11 is 0. The average Bonchev–Trinajstić information content (AvgIpc) is 3.16. The Morgan fingerprint density at radius 1 is 1.19 bits per heavy atom. The molecule has 2 aromatic heterocycles. The normalized spacial score (nSPS) is 16.8. The van der Waals surface area contributed by atoms with Gasteiger partial charge in [-0.1, -0.05) is 19.9 Å². The van der Waals surface area contributed by atoms with E-state index in [9.17, 15) is 4.79 Å². The van der Waals surface area contributed by atoms with Crippen LogP contribution in [0.3, 0.4) is 0 Å². The van der Waals surface area contributed by atoms with E-state index >= 15 is 0 Å². The van der Waals surface area contributed by atoms with Crippen LogP contribution >= 0.6 is 0 Å². The second kappa shape index (κ2) is 8.45. The Hall–Kier alpha value is -2.21. The maximum absolute atomic E-state index is 12.9. The highest BCUT2D eigenvalue weighted by Gasteiger charge is 2.28. The highest BCUT2D eigenvalue weighted by Crippen LogP contribution is 2.22. The van der Waals surface area contributed by atoms with Gasteiger partial charge in [-0.3, -0.25) is 9.78 Å². The molecular formula is C20H28N4O2. The maximum atomic E-state index is 12.9. The number of ether oxygens (including phenoxy) is 1. The summed E-state index contributed by atoms with van der Waals surface area (Å²) in [4.78, 5) is 23.5. The van der Waals surface area contributed by atoms with Crippen LogP contribution in [0.4, 0.5) is 0 Å². The lowest BCUT2D eigenvalue weighted by atomic mass is 10.1. The molecule has 1 aliphatic rings. The van der Waals surface area contributed by atoms with Crippen LogP contribution in [0.15, 0.2) is 36.8 Å². The smallest absolute Gasteiger partial charge is 0.245 e. The lowest BCUT2D eigenvalue weighted by molar-refractivity contribution is -0.137. The predicted octanol–water partition coefficient (Wildman–Crippen LogP) is 3.17. The fourth-order valence-electron chi connectivity index (χ4n) is 3.41. The van der Waals surface area contributed by atoms with Crippen LogP contribution in [0.2, 0.25) is 0 Å². The van der Waals surface area contributed by atoms with E-state index in [0.29, 0.717) is 12.5 Å². The third-order valence-corrected chi connectivity index (χ3v) is 4.94. The minimum atomic E-state index is -0.221. The molecule has 0 aliphatic carbocycles. The minimum Gasteiger partial charge on any atom is -0.372 e. The number of piperidine rings is 1. The SMILES string of the molecule is CC(C)c1nccn1C(C)C(=O)N1CCC(OCc2ccccn2)CC1. The van der Waals surface area contributed by atoms with Crippen molar-refractivity contribution in [3.05, 3.63) is 48.3 Å². The lowest BCUT2D eigenvalue weighted by Gasteiger charge is -2.34. The van der Waals surface area contributed by atoms with Gasteiger partial charge < -0.3 is 14.2 Å². The first-order chi connectivity index (χ1) is 12.6. The Morgan fingerprint density at radius 2 is 1.96 bits per heavy atom. The number of aromatic nitrogens is 3. The number of rotatable bonds is 6. The summed E-state index contributed by atoms with van der Waals surface area (Å²) in [5.74, 6) is 1.42. The highest BCUT2D eigenvalue weighted by atomic mass is 16.5. The van der Waals surface area contributed by atoms with Crippen molar-refractivity contribution in [2.75, 3.05) is 13.1 Å². The second-order valence-corrected chi connectivity index (χ2v) is 7.18. The van der Waals surface area contributed by atoms with Crippen LogP contribution < -0.4 is 0 Å². The summed E-state index contributed by atoms with van der Waals surface area (Å²) in [6, 6.07) is 5.62. The first kappa shape index (κ1) is 18.6. The van der Waals surface area contributed by atoms with Gasteiger partial charge >= 0.3 is 0 Å². The van der Waals surface area contributed by atoms with Crippen LogP contribution in [0, 0.1) is 0 Å². The quantitative estimate of drug-likeness (QED) is 0.798. The molecule has 1 fully saturated rings. The molecule has 0 bridgehead atoms.